The summed E-state index contributed by atoms with van der Waals surface area (Å²) in [5.41, 5.74) is 27.0. The van der Waals surface area contributed by atoms with Gasteiger partial charge in [-0.15, -0.1) is 0 Å². The third-order valence-corrected chi connectivity index (χ3v) is 16.6. The van der Waals surface area contributed by atoms with Crippen LogP contribution in [0, 0.1) is 0 Å². The molecule has 0 radical (unpaired) electrons. The van der Waals surface area contributed by atoms with Crippen LogP contribution in [-0.4, -0.2) is 0 Å². The fraction of sp³-hybridized carbons (Fsp3) is 0.299. The molecular formula is C77H83N. The maximum Gasteiger partial charge on any atom is 0.0549 e. The maximum absolute atomic E-state index is 2.56. The molecule has 0 heterocycles. The number of hydrogen-bond acceptors (Lipinski definition) is 1. The van der Waals surface area contributed by atoms with Crippen LogP contribution in [0.4, 0.5) is 17.1 Å². The molecule has 9 aromatic carbocycles. The number of hydrogen-bond donors (Lipinski definition) is 0. The van der Waals surface area contributed by atoms with Crippen LogP contribution in [-0.2, 0) is 32.5 Å². The molecule has 0 atom stereocenters. The largest absolute Gasteiger partial charge is 0.310 e. The van der Waals surface area contributed by atoms with Gasteiger partial charge in [-0.05, 0) is 176 Å². The second kappa shape index (κ2) is 19.6. The average Bonchev–Trinajstić information content (AvgIpc) is 3.80. The second-order valence-corrected chi connectivity index (χ2v) is 28.1. The molecule has 1 aliphatic carbocycles. The van der Waals surface area contributed by atoms with Gasteiger partial charge in [0.1, 0.15) is 0 Å². The normalized spacial score (nSPS) is 13.6. The van der Waals surface area contributed by atoms with Crippen LogP contribution < -0.4 is 4.90 Å². The zero-order chi connectivity index (χ0) is 55.9. The van der Waals surface area contributed by atoms with E-state index in [1.807, 2.05) is 0 Å². The highest BCUT2D eigenvalue weighted by molar-refractivity contribution is 5.99. The van der Waals surface area contributed by atoms with E-state index in [0.29, 0.717) is 0 Å². The van der Waals surface area contributed by atoms with Gasteiger partial charge in [0.15, 0.2) is 0 Å². The van der Waals surface area contributed by atoms with Crippen LogP contribution in [0.2, 0.25) is 0 Å². The Morgan fingerprint density at radius 3 is 1.17 bits per heavy atom. The van der Waals surface area contributed by atoms with E-state index in [4.69, 9.17) is 0 Å². The summed E-state index contributed by atoms with van der Waals surface area (Å²) in [6.07, 6.45) is 0. The Morgan fingerprint density at radius 1 is 0.269 bits per heavy atom. The van der Waals surface area contributed by atoms with Crippen molar-refractivity contribution in [3.05, 3.63) is 233 Å². The molecule has 0 aliphatic heterocycles. The third-order valence-electron chi connectivity index (χ3n) is 16.6. The summed E-state index contributed by atoms with van der Waals surface area (Å²) < 4.78 is 0. The van der Waals surface area contributed by atoms with Crippen LogP contribution in [0.5, 0.6) is 0 Å². The molecular weight excluding hydrogens is 939 g/mol. The molecule has 78 heavy (non-hydrogen) atoms. The predicted molar refractivity (Wildman–Crippen MR) is 339 cm³/mol. The van der Waals surface area contributed by atoms with Gasteiger partial charge in [-0.25, -0.2) is 0 Å². The van der Waals surface area contributed by atoms with Gasteiger partial charge in [-0.1, -0.05) is 263 Å². The van der Waals surface area contributed by atoms with Gasteiger partial charge in [0.05, 0.1) is 5.69 Å². The van der Waals surface area contributed by atoms with Gasteiger partial charge in [0.2, 0.25) is 0 Å². The second-order valence-electron chi connectivity index (χ2n) is 28.1. The van der Waals surface area contributed by atoms with E-state index in [1.54, 1.807) is 0 Å². The minimum Gasteiger partial charge on any atom is -0.310 e. The smallest absolute Gasteiger partial charge is 0.0549 e. The lowest BCUT2D eigenvalue weighted by Crippen LogP contribution is -2.18. The lowest BCUT2D eigenvalue weighted by atomic mass is 9.77. The zero-order valence-corrected chi connectivity index (χ0v) is 49.9. The van der Waals surface area contributed by atoms with E-state index in [2.05, 4.69) is 317 Å². The molecule has 0 saturated heterocycles. The molecule has 9 aromatic rings. The van der Waals surface area contributed by atoms with E-state index in [9.17, 15) is 0 Å². The first-order valence-electron chi connectivity index (χ1n) is 28.5. The first-order valence-corrected chi connectivity index (χ1v) is 28.5. The fourth-order valence-electron chi connectivity index (χ4n) is 11.5. The van der Waals surface area contributed by atoms with Crippen molar-refractivity contribution in [1.82, 2.24) is 0 Å². The molecule has 0 N–H and O–H groups in total. The van der Waals surface area contributed by atoms with Crippen molar-refractivity contribution in [2.24, 2.45) is 0 Å². The lowest BCUT2D eigenvalue weighted by molar-refractivity contribution is 0.569. The van der Waals surface area contributed by atoms with Crippen molar-refractivity contribution in [2.75, 3.05) is 4.90 Å². The van der Waals surface area contributed by atoms with Crippen LogP contribution in [0.15, 0.2) is 194 Å². The molecule has 1 heteroatoms. The molecule has 0 spiro atoms. The molecule has 0 aromatic heterocycles. The van der Waals surface area contributed by atoms with E-state index >= 15 is 0 Å². The van der Waals surface area contributed by atoms with Gasteiger partial charge < -0.3 is 4.90 Å². The quantitative estimate of drug-likeness (QED) is 0.147. The van der Waals surface area contributed by atoms with Gasteiger partial charge in [0, 0.05) is 22.4 Å². The Kier molecular flexibility index (Phi) is 13.6. The Morgan fingerprint density at radius 2 is 0.654 bits per heavy atom. The molecule has 0 unspecified atom stereocenters. The summed E-state index contributed by atoms with van der Waals surface area (Å²) in [4.78, 5) is 2.56. The predicted octanol–water partition coefficient (Wildman–Crippen LogP) is 22.3. The first kappa shape index (κ1) is 54.1. The molecule has 10 rings (SSSR count). The molecule has 1 aliphatic rings. The third kappa shape index (κ3) is 10.6. The van der Waals surface area contributed by atoms with Crippen LogP contribution >= 0.6 is 0 Å². The van der Waals surface area contributed by atoms with E-state index < -0.39 is 0 Å². The van der Waals surface area contributed by atoms with E-state index in [0.717, 1.165) is 17.1 Å². The monoisotopic (exact) mass is 1020 g/mol. The summed E-state index contributed by atoms with van der Waals surface area (Å²) in [7, 11) is 0. The number of fused-ring (bicyclic) bond motifs is 3. The summed E-state index contributed by atoms with van der Waals surface area (Å²) in [6.45, 7) is 40.1. The van der Waals surface area contributed by atoms with Crippen LogP contribution in [0.1, 0.15) is 157 Å². The zero-order valence-electron chi connectivity index (χ0n) is 49.9. The fourth-order valence-corrected chi connectivity index (χ4v) is 11.5. The van der Waals surface area contributed by atoms with Crippen molar-refractivity contribution < 1.29 is 0 Å². The topological polar surface area (TPSA) is 3.24 Å². The summed E-state index contributed by atoms with van der Waals surface area (Å²) in [5, 5.41) is 0. The Labute approximate surface area is 469 Å². The van der Waals surface area contributed by atoms with E-state index in [-0.39, 0.29) is 32.5 Å². The molecule has 0 fully saturated rings. The molecule has 1 nitrogen and oxygen atoms in total. The Balaban J connectivity index is 1.27. The Hall–Kier alpha value is -7.22. The van der Waals surface area contributed by atoms with Gasteiger partial charge >= 0.3 is 0 Å². The Bertz CT molecular complexity index is 3650. The first-order chi connectivity index (χ1) is 36.6. The number of anilines is 3. The highest BCUT2D eigenvalue weighted by Crippen LogP contribution is 2.53. The number of rotatable bonds is 8. The standard InChI is InChI=1S/C77H83N/c1-72(2,3)58-40-53(38-54(41-58)56-43-60(74(7,8)9)46-61(44-56)75(10,11)12)55-39-57(45-59(42-55)73(4,5)6)67-47-62(76(13,14)15)48-70(71(67)52-28-22-19-23-29-52)78(63-34-32-51(33-35-63)50-26-20-18-21-27-50)64-36-37-66-65-30-24-25-31-68(65)77(16,17)69(66)49-64/h18-49H,1-17H3. The van der Waals surface area contributed by atoms with Crippen molar-refractivity contribution in [1.29, 1.82) is 0 Å². The SMILES string of the molecule is CC(C)(C)c1cc(-c2cc(-c3cc(C(C)(C)C)cc(N(c4ccc(-c5ccccc5)cc4)c4ccc5c(c4)C(C)(C)c4ccccc4-5)c3-c3ccccc3)cc(C(C)(C)C)c2)cc(-c2cc(C(C)(C)C)cc(C(C)(C)C)c2)c1. The molecule has 396 valence electrons. The highest BCUT2D eigenvalue weighted by Gasteiger charge is 2.36. The number of benzene rings is 9. The minimum atomic E-state index is -0.183. The molecule has 0 amide bonds. The van der Waals surface area contributed by atoms with Crippen molar-refractivity contribution >= 4 is 17.1 Å². The molecule has 0 saturated carbocycles. The maximum atomic E-state index is 2.56. The van der Waals surface area contributed by atoms with Crippen LogP contribution in [0.25, 0.3) is 66.8 Å². The lowest BCUT2D eigenvalue weighted by Gasteiger charge is -2.33. The van der Waals surface area contributed by atoms with Crippen molar-refractivity contribution in [2.45, 2.75) is 150 Å². The highest BCUT2D eigenvalue weighted by atomic mass is 15.1. The summed E-state index contributed by atoms with van der Waals surface area (Å²) in [5.74, 6) is 0. The molecule has 0 bridgehead atoms. The van der Waals surface area contributed by atoms with Gasteiger partial charge in [-0.3, -0.25) is 0 Å². The number of nitrogens with zero attached hydrogens (tertiary/aromatic N) is 1. The summed E-state index contributed by atoms with van der Waals surface area (Å²) >= 11 is 0. The van der Waals surface area contributed by atoms with E-state index in [1.165, 1.54) is 106 Å². The van der Waals surface area contributed by atoms with Crippen molar-refractivity contribution in [3.8, 4) is 66.8 Å². The minimum absolute atomic E-state index is 0.00247. The van der Waals surface area contributed by atoms with Crippen LogP contribution in [0.3, 0.4) is 0 Å². The van der Waals surface area contributed by atoms with Crippen molar-refractivity contribution in [3.63, 3.8) is 0 Å². The summed E-state index contributed by atoms with van der Waals surface area (Å²) in [6, 6.07) is 74.6. The van der Waals surface area contributed by atoms with Gasteiger partial charge in [-0.2, -0.15) is 0 Å². The average molecular weight is 1020 g/mol. The van der Waals surface area contributed by atoms with Gasteiger partial charge in [0.25, 0.3) is 0 Å².